The standard InChI is InChI=1S/C15H15FO3/c1-18-12-7-8-13(14(9-12)19-2)15(17)10-3-5-11(16)6-4-10/h3-9,15,17H,1-2H3. The van der Waals surface area contributed by atoms with Crippen LogP contribution in [0.5, 0.6) is 11.5 Å². The van der Waals surface area contributed by atoms with Gasteiger partial charge in [-0.1, -0.05) is 12.1 Å². The van der Waals surface area contributed by atoms with Gasteiger partial charge in [0.05, 0.1) is 14.2 Å². The highest BCUT2D eigenvalue weighted by molar-refractivity contribution is 5.45. The number of benzene rings is 2. The molecule has 3 nitrogen and oxygen atoms in total. The Morgan fingerprint density at radius 1 is 1.00 bits per heavy atom. The van der Waals surface area contributed by atoms with Gasteiger partial charge in [-0.05, 0) is 29.8 Å². The van der Waals surface area contributed by atoms with Gasteiger partial charge in [-0.3, -0.25) is 0 Å². The molecule has 2 aromatic rings. The average Bonchev–Trinajstić information content (AvgIpc) is 2.46. The lowest BCUT2D eigenvalue weighted by molar-refractivity contribution is 0.214. The van der Waals surface area contributed by atoms with E-state index in [9.17, 15) is 9.50 Å². The zero-order valence-corrected chi connectivity index (χ0v) is 10.8. The lowest BCUT2D eigenvalue weighted by Gasteiger charge is -2.16. The third kappa shape index (κ3) is 2.85. The largest absolute Gasteiger partial charge is 0.497 e. The number of aliphatic hydroxyl groups is 1. The van der Waals surface area contributed by atoms with Gasteiger partial charge < -0.3 is 14.6 Å². The molecule has 0 spiro atoms. The Morgan fingerprint density at radius 3 is 2.26 bits per heavy atom. The van der Waals surface area contributed by atoms with Crippen LogP contribution in [0.25, 0.3) is 0 Å². The summed E-state index contributed by atoms with van der Waals surface area (Å²) in [6.07, 6.45) is -0.874. The Balaban J connectivity index is 2.37. The Hall–Kier alpha value is -2.07. The minimum atomic E-state index is -0.874. The van der Waals surface area contributed by atoms with Crippen LogP contribution >= 0.6 is 0 Å². The zero-order valence-electron chi connectivity index (χ0n) is 10.8. The molecule has 0 saturated heterocycles. The van der Waals surface area contributed by atoms with E-state index in [1.54, 1.807) is 37.4 Å². The first-order valence-electron chi connectivity index (χ1n) is 5.81. The molecule has 100 valence electrons. The Morgan fingerprint density at radius 2 is 1.68 bits per heavy atom. The molecule has 2 rings (SSSR count). The van der Waals surface area contributed by atoms with Crippen molar-refractivity contribution in [1.82, 2.24) is 0 Å². The van der Waals surface area contributed by atoms with Crippen LogP contribution in [-0.2, 0) is 0 Å². The zero-order chi connectivity index (χ0) is 13.8. The molecule has 4 heteroatoms. The highest BCUT2D eigenvalue weighted by atomic mass is 19.1. The fraction of sp³-hybridized carbons (Fsp3) is 0.200. The summed E-state index contributed by atoms with van der Waals surface area (Å²) in [6.45, 7) is 0. The van der Waals surface area contributed by atoms with E-state index in [0.29, 0.717) is 22.6 Å². The lowest BCUT2D eigenvalue weighted by Crippen LogP contribution is -2.02. The van der Waals surface area contributed by atoms with Crippen molar-refractivity contribution in [2.75, 3.05) is 14.2 Å². The van der Waals surface area contributed by atoms with Crippen LogP contribution in [0.15, 0.2) is 42.5 Å². The smallest absolute Gasteiger partial charge is 0.128 e. The second kappa shape index (κ2) is 5.71. The van der Waals surface area contributed by atoms with Crippen LogP contribution in [0.2, 0.25) is 0 Å². The molecule has 1 unspecified atom stereocenters. The Labute approximate surface area is 111 Å². The van der Waals surface area contributed by atoms with Crippen molar-refractivity contribution in [1.29, 1.82) is 0 Å². The van der Waals surface area contributed by atoms with Gasteiger partial charge in [-0.25, -0.2) is 4.39 Å². The monoisotopic (exact) mass is 262 g/mol. The van der Waals surface area contributed by atoms with Crippen molar-refractivity contribution in [2.24, 2.45) is 0 Å². The van der Waals surface area contributed by atoms with Gasteiger partial charge in [0.2, 0.25) is 0 Å². The van der Waals surface area contributed by atoms with Crippen molar-refractivity contribution >= 4 is 0 Å². The number of hydrogen-bond acceptors (Lipinski definition) is 3. The van der Waals surface area contributed by atoms with Gasteiger partial charge in [0.15, 0.2) is 0 Å². The van der Waals surface area contributed by atoms with Gasteiger partial charge in [-0.15, -0.1) is 0 Å². The van der Waals surface area contributed by atoms with E-state index in [0.717, 1.165) is 0 Å². The number of rotatable bonds is 4. The maximum Gasteiger partial charge on any atom is 0.128 e. The average molecular weight is 262 g/mol. The van der Waals surface area contributed by atoms with E-state index >= 15 is 0 Å². The molecule has 0 bridgehead atoms. The molecular formula is C15H15FO3. The summed E-state index contributed by atoms with van der Waals surface area (Å²) in [6, 6.07) is 10.9. The summed E-state index contributed by atoms with van der Waals surface area (Å²) in [5.41, 5.74) is 1.21. The van der Waals surface area contributed by atoms with E-state index < -0.39 is 6.10 Å². The number of ether oxygens (including phenoxy) is 2. The molecule has 19 heavy (non-hydrogen) atoms. The van der Waals surface area contributed by atoms with E-state index in [2.05, 4.69) is 0 Å². The van der Waals surface area contributed by atoms with Crippen molar-refractivity contribution < 1.29 is 19.0 Å². The second-order valence-electron chi connectivity index (χ2n) is 4.06. The van der Waals surface area contributed by atoms with Gasteiger partial charge in [0, 0.05) is 11.6 Å². The van der Waals surface area contributed by atoms with Crippen LogP contribution in [0, 0.1) is 5.82 Å². The van der Waals surface area contributed by atoms with Crippen molar-refractivity contribution in [3.05, 3.63) is 59.4 Å². The van der Waals surface area contributed by atoms with E-state index in [4.69, 9.17) is 9.47 Å². The maximum absolute atomic E-state index is 12.9. The fourth-order valence-corrected chi connectivity index (χ4v) is 1.87. The molecule has 0 aliphatic heterocycles. The molecule has 0 fully saturated rings. The van der Waals surface area contributed by atoms with E-state index in [-0.39, 0.29) is 5.82 Å². The highest BCUT2D eigenvalue weighted by Crippen LogP contribution is 2.32. The minimum Gasteiger partial charge on any atom is -0.497 e. The van der Waals surface area contributed by atoms with Crippen molar-refractivity contribution in [3.8, 4) is 11.5 Å². The second-order valence-corrected chi connectivity index (χ2v) is 4.06. The predicted octanol–water partition coefficient (Wildman–Crippen LogP) is 2.92. The molecule has 0 aliphatic rings. The molecule has 0 heterocycles. The molecule has 0 saturated carbocycles. The highest BCUT2D eigenvalue weighted by Gasteiger charge is 2.16. The van der Waals surface area contributed by atoms with Gasteiger partial charge in [-0.2, -0.15) is 0 Å². The van der Waals surface area contributed by atoms with Crippen LogP contribution in [0.4, 0.5) is 4.39 Å². The summed E-state index contributed by atoms with van der Waals surface area (Å²) in [5.74, 6) is 0.834. The first-order chi connectivity index (χ1) is 9.15. The predicted molar refractivity (Wildman–Crippen MR) is 70.0 cm³/mol. The minimum absolute atomic E-state index is 0.336. The molecule has 2 aromatic carbocycles. The number of methoxy groups -OCH3 is 2. The number of aliphatic hydroxyl groups excluding tert-OH is 1. The molecule has 1 N–H and O–H groups in total. The number of hydrogen-bond donors (Lipinski definition) is 1. The summed E-state index contributed by atoms with van der Waals surface area (Å²) in [7, 11) is 3.08. The van der Waals surface area contributed by atoms with Crippen LogP contribution in [0.3, 0.4) is 0 Å². The van der Waals surface area contributed by atoms with E-state index in [1.807, 2.05) is 0 Å². The Kier molecular flexibility index (Phi) is 4.02. The van der Waals surface area contributed by atoms with Crippen molar-refractivity contribution in [2.45, 2.75) is 6.10 Å². The van der Waals surface area contributed by atoms with E-state index in [1.165, 1.54) is 19.2 Å². The Bertz CT molecular complexity index is 552. The summed E-state index contributed by atoms with van der Waals surface area (Å²) >= 11 is 0. The summed E-state index contributed by atoms with van der Waals surface area (Å²) in [4.78, 5) is 0. The molecular weight excluding hydrogens is 247 g/mol. The molecule has 0 aromatic heterocycles. The lowest BCUT2D eigenvalue weighted by atomic mass is 10.0. The van der Waals surface area contributed by atoms with Gasteiger partial charge in [0.25, 0.3) is 0 Å². The summed E-state index contributed by atoms with van der Waals surface area (Å²) in [5, 5.41) is 10.3. The van der Waals surface area contributed by atoms with Crippen LogP contribution < -0.4 is 9.47 Å². The van der Waals surface area contributed by atoms with Gasteiger partial charge >= 0.3 is 0 Å². The van der Waals surface area contributed by atoms with Gasteiger partial charge in [0.1, 0.15) is 23.4 Å². The van der Waals surface area contributed by atoms with Crippen LogP contribution in [-0.4, -0.2) is 19.3 Å². The maximum atomic E-state index is 12.9. The summed E-state index contributed by atoms with van der Waals surface area (Å²) < 4.78 is 23.2. The third-order valence-electron chi connectivity index (χ3n) is 2.92. The molecule has 1 atom stereocenters. The van der Waals surface area contributed by atoms with Crippen LogP contribution in [0.1, 0.15) is 17.2 Å². The third-order valence-corrected chi connectivity index (χ3v) is 2.92. The normalized spacial score (nSPS) is 12.0. The SMILES string of the molecule is COc1ccc(C(O)c2ccc(F)cc2)c(OC)c1. The topological polar surface area (TPSA) is 38.7 Å². The first kappa shape index (κ1) is 13.4. The molecule has 0 aliphatic carbocycles. The fourth-order valence-electron chi connectivity index (χ4n) is 1.87. The molecule has 0 radical (unpaired) electrons. The molecule has 0 amide bonds. The number of halogens is 1. The quantitative estimate of drug-likeness (QED) is 0.920. The van der Waals surface area contributed by atoms with Crippen molar-refractivity contribution in [3.63, 3.8) is 0 Å². The first-order valence-corrected chi connectivity index (χ1v) is 5.81.